The van der Waals surface area contributed by atoms with Crippen molar-refractivity contribution in [3.8, 4) is 0 Å². The van der Waals surface area contributed by atoms with E-state index < -0.39 is 17.5 Å². The maximum absolute atomic E-state index is 12.1. The van der Waals surface area contributed by atoms with E-state index in [0.717, 1.165) is 16.7 Å². The van der Waals surface area contributed by atoms with E-state index in [0.29, 0.717) is 18.7 Å². The van der Waals surface area contributed by atoms with E-state index >= 15 is 0 Å². The number of anilines is 2. The van der Waals surface area contributed by atoms with Crippen LogP contribution in [0.15, 0.2) is 33.9 Å². The minimum atomic E-state index is -1.10. The lowest BCUT2D eigenvalue weighted by Gasteiger charge is -2.13. The third-order valence-electron chi connectivity index (χ3n) is 3.82. The van der Waals surface area contributed by atoms with Gasteiger partial charge in [0.15, 0.2) is 0 Å². The van der Waals surface area contributed by atoms with Gasteiger partial charge in [0.1, 0.15) is 12.0 Å². The number of benzene rings is 1. The Hall–Kier alpha value is -2.34. The molecule has 124 valence electrons. The molecule has 0 radical (unpaired) electrons. The fourth-order valence-corrected chi connectivity index (χ4v) is 2.53. The summed E-state index contributed by atoms with van der Waals surface area (Å²) >= 11 is 0. The molecule has 0 aliphatic heterocycles. The van der Waals surface area contributed by atoms with E-state index in [9.17, 15) is 14.7 Å². The van der Waals surface area contributed by atoms with Crippen LogP contribution in [0, 0.1) is 6.92 Å². The van der Waals surface area contributed by atoms with Crippen LogP contribution >= 0.6 is 0 Å². The van der Waals surface area contributed by atoms with E-state index in [1.807, 2.05) is 32.0 Å². The van der Waals surface area contributed by atoms with E-state index in [1.165, 1.54) is 17.2 Å². The first-order valence-electron chi connectivity index (χ1n) is 7.86. The van der Waals surface area contributed by atoms with Gasteiger partial charge in [0.05, 0.1) is 0 Å². The van der Waals surface area contributed by atoms with E-state index in [4.69, 9.17) is 0 Å². The number of aryl methyl sites for hydroxylation is 2. The monoisotopic (exact) mass is 317 g/mol. The predicted molar refractivity (Wildman–Crippen MR) is 91.3 cm³/mol. The van der Waals surface area contributed by atoms with Gasteiger partial charge in [-0.2, -0.15) is 0 Å². The third-order valence-corrected chi connectivity index (χ3v) is 3.82. The van der Waals surface area contributed by atoms with Crippen molar-refractivity contribution in [3.63, 3.8) is 0 Å². The van der Waals surface area contributed by atoms with Crippen molar-refractivity contribution < 1.29 is 5.11 Å². The van der Waals surface area contributed by atoms with Gasteiger partial charge in [-0.1, -0.05) is 26.3 Å². The molecule has 2 rings (SSSR count). The SMILES string of the molecule is CCCC(O)n1c(=O)cc(Nc2ccc(C)c(CC)c2)[nH]c1=O. The molecule has 0 saturated heterocycles. The van der Waals surface area contributed by atoms with Gasteiger partial charge in [-0.3, -0.25) is 9.78 Å². The van der Waals surface area contributed by atoms with Gasteiger partial charge in [-0.05, 0) is 43.0 Å². The largest absolute Gasteiger partial charge is 0.373 e. The quantitative estimate of drug-likeness (QED) is 0.763. The highest BCUT2D eigenvalue weighted by molar-refractivity contribution is 5.57. The molecule has 0 spiro atoms. The zero-order valence-corrected chi connectivity index (χ0v) is 13.7. The average molecular weight is 317 g/mol. The van der Waals surface area contributed by atoms with Crippen LogP contribution in [0.3, 0.4) is 0 Å². The number of aliphatic hydroxyl groups is 1. The van der Waals surface area contributed by atoms with Gasteiger partial charge in [-0.15, -0.1) is 0 Å². The second-order valence-corrected chi connectivity index (χ2v) is 5.59. The Morgan fingerprint density at radius 2 is 2.00 bits per heavy atom. The second kappa shape index (κ2) is 7.28. The highest BCUT2D eigenvalue weighted by Crippen LogP contribution is 2.18. The maximum atomic E-state index is 12.1. The molecule has 1 atom stereocenters. The molecular weight excluding hydrogens is 294 g/mol. The molecule has 1 aromatic heterocycles. The van der Waals surface area contributed by atoms with Crippen molar-refractivity contribution in [2.45, 2.75) is 46.3 Å². The lowest BCUT2D eigenvalue weighted by atomic mass is 10.1. The molecule has 2 aromatic rings. The Labute approximate surface area is 134 Å². The number of hydrogen-bond donors (Lipinski definition) is 3. The summed E-state index contributed by atoms with van der Waals surface area (Å²) < 4.78 is 0.835. The van der Waals surface area contributed by atoms with Crippen molar-refractivity contribution in [1.29, 1.82) is 0 Å². The summed E-state index contributed by atoms with van der Waals surface area (Å²) in [5.74, 6) is 0.311. The summed E-state index contributed by atoms with van der Waals surface area (Å²) in [7, 11) is 0. The van der Waals surface area contributed by atoms with Crippen molar-refractivity contribution in [3.05, 3.63) is 56.2 Å². The maximum Gasteiger partial charge on any atom is 0.332 e. The van der Waals surface area contributed by atoms with Crippen molar-refractivity contribution in [2.24, 2.45) is 0 Å². The van der Waals surface area contributed by atoms with Crippen molar-refractivity contribution in [2.75, 3.05) is 5.32 Å². The van der Waals surface area contributed by atoms with E-state index in [2.05, 4.69) is 17.2 Å². The third kappa shape index (κ3) is 3.90. The van der Waals surface area contributed by atoms with Crippen molar-refractivity contribution >= 4 is 11.5 Å². The summed E-state index contributed by atoms with van der Waals surface area (Å²) in [5, 5.41) is 12.9. The van der Waals surface area contributed by atoms with Crippen molar-refractivity contribution in [1.82, 2.24) is 9.55 Å². The van der Waals surface area contributed by atoms with Gasteiger partial charge in [0, 0.05) is 11.8 Å². The molecule has 3 N–H and O–H groups in total. The van der Waals surface area contributed by atoms with E-state index in [-0.39, 0.29) is 0 Å². The number of aliphatic hydroxyl groups excluding tert-OH is 1. The Morgan fingerprint density at radius 1 is 1.26 bits per heavy atom. The number of rotatable bonds is 6. The lowest BCUT2D eigenvalue weighted by Crippen LogP contribution is -2.37. The highest BCUT2D eigenvalue weighted by Gasteiger charge is 2.12. The Morgan fingerprint density at radius 3 is 2.61 bits per heavy atom. The smallest absolute Gasteiger partial charge is 0.332 e. The van der Waals surface area contributed by atoms with Gasteiger partial charge < -0.3 is 10.4 Å². The van der Waals surface area contributed by atoms with Crippen LogP contribution in [-0.4, -0.2) is 14.7 Å². The number of H-pyrrole nitrogens is 1. The molecule has 6 nitrogen and oxygen atoms in total. The van der Waals surface area contributed by atoms with Gasteiger partial charge in [-0.25, -0.2) is 9.36 Å². The summed E-state index contributed by atoms with van der Waals surface area (Å²) in [6.07, 6.45) is 0.836. The van der Waals surface area contributed by atoms with Crippen LogP contribution in [0.5, 0.6) is 0 Å². The summed E-state index contributed by atoms with van der Waals surface area (Å²) in [4.78, 5) is 26.7. The fourth-order valence-electron chi connectivity index (χ4n) is 2.53. The number of aromatic nitrogens is 2. The Balaban J connectivity index is 2.32. The van der Waals surface area contributed by atoms with Crippen LogP contribution in [0.25, 0.3) is 0 Å². The summed E-state index contributed by atoms with van der Waals surface area (Å²) in [6, 6.07) is 7.16. The molecule has 0 aliphatic rings. The first kappa shape index (κ1) is 17.0. The Bertz CT molecular complexity index is 761. The minimum absolute atomic E-state index is 0.311. The number of aromatic amines is 1. The summed E-state index contributed by atoms with van der Waals surface area (Å²) in [6.45, 7) is 5.99. The average Bonchev–Trinajstić information content (AvgIpc) is 2.48. The molecule has 6 heteroatoms. The summed E-state index contributed by atoms with van der Waals surface area (Å²) in [5.41, 5.74) is 2.05. The van der Waals surface area contributed by atoms with Crippen LogP contribution in [0.1, 0.15) is 44.0 Å². The number of nitrogens with one attached hydrogen (secondary N) is 2. The fraction of sp³-hybridized carbons (Fsp3) is 0.412. The molecular formula is C17H23N3O3. The number of nitrogens with zero attached hydrogens (tertiary/aromatic N) is 1. The zero-order chi connectivity index (χ0) is 17.0. The highest BCUT2D eigenvalue weighted by atomic mass is 16.3. The van der Waals surface area contributed by atoms with Gasteiger partial charge >= 0.3 is 5.69 Å². The molecule has 23 heavy (non-hydrogen) atoms. The topological polar surface area (TPSA) is 87.1 Å². The standard InChI is InChI=1S/C17H23N3O3/c1-4-6-15(21)20-16(22)10-14(19-17(20)23)18-13-8-7-11(3)12(5-2)9-13/h7-10,15,18,21H,4-6H2,1-3H3,(H,19,23). The molecule has 1 heterocycles. The second-order valence-electron chi connectivity index (χ2n) is 5.59. The lowest BCUT2D eigenvalue weighted by molar-refractivity contribution is 0.0853. The molecule has 0 fully saturated rings. The molecule has 0 aliphatic carbocycles. The first-order valence-corrected chi connectivity index (χ1v) is 7.86. The Kier molecular flexibility index (Phi) is 5.39. The first-order chi connectivity index (χ1) is 11.0. The molecule has 1 unspecified atom stereocenters. The number of hydrogen-bond acceptors (Lipinski definition) is 4. The molecule has 0 bridgehead atoms. The van der Waals surface area contributed by atoms with Crippen LogP contribution in [0.2, 0.25) is 0 Å². The molecule has 1 aromatic carbocycles. The predicted octanol–water partition coefficient (Wildman–Crippen LogP) is 2.44. The minimum Gasteiger partial charge on any atom is -0.373 e. The van der Waals surface area contributed by atoms with E-state index in [1.54, 1.807) is 0 Å². The van der Waals surface area contributed by atoms with Crippen LogP contribution in [0.4, 0.5) is 11.5 Å². The van der Waals surface area contributed by atoms with Crippen LogP contribution in [-0.2, 0) is 6.42 Å². The van der Waals surface area contributed by atoms with Gasteiger partial charge in [0.25, 0.3) is 5.56 Å². The van der Waals surface area contributed by atoms with Crippen LogP contribution < -0.4 is 16.6 Å². The molecule has 0 amide bonds. The zero-order valence-electron chi connectivity index (χ0n) is 13.7. The van der Waals surface area contributed by atoms with Gasteiger partial charge in [0.2, 0.25) is 0 Å². The normalized spacial score (nSPS) is 12.2. The molecule has 0 saturated carbocycles.